The molecule has 0 amide bonds. The largest absolute Gasteiger partial charge is 0.329 e. The van der Waals surface area contributed by atoms with Gasteiger partial charge in [0.25, 0.3) is 0 Å². The van der Waals surface area contributed by atoms with Gasteiger partial charge in [-0.25, -0.2) is 0 Å². The molecule has 2 heterocycles. The Kier molecular flexibility index (Phi) is 4.45. The van der Waals surface area contributed by atoms with E-state index < -0.39 is 0 Å². The minimum Gasteiger partial charge on any atom is -0.329 e. The van der Waals surface area contributed by atoms with Crippen molar-refractivity contribution < 1.29 is 0 Å². The Balaban J connectivity index is 2.02. The number of hydrogen-bond donors (Lipinski definition) is 1. The maximum atomic E-state index is 6.07. The number of piperazine rings is 1. The van der Waals surface area contributed by atoms with Crippen LogP contribution in [0.3, 0.4) is 0 Å². The summed E-state index contributed by atoms with van der Waals surface area (Å²) in [6.45, 7) is 10.5. The molecule has 17 heavy (non-hydrogen) atoms. The number of nitrogens with zero attached hydrogens (tertiary/aromatic N) is 2. The molecule has 0 aliphatic carbocycles. The standard InChI is InChI=1S/C14H29N3/c1-3-14(4-2,12-15)17-10-9-16-8-6-5-7-13(16)11-17/h13H,3-12,15H2,1-2H3. The first kappa shape index (κ1) is 13.3. The monoisotopic (exact) mass is 239 g/mol. The van der Waals surface area contributed by atoms with Gasteiger partial charge in [-0.3, -0.25) is 9.80 Å². The van der Waals surface area contributed by atoms with Crippen LogP contribution in [0, 0.1) is 0 Å². The second-order valence-electron chi connectivity index (χ2n) is 5.77. The molecule has 2 fully saturated rings. The fourth-order valence-electron chi connectivity index (χ4n) is 3.70. The van der Waals surface area contributed by atoms with Crippen molar-refractivity contribution >= 4 is 0 Å². The number of nitrogens with two attached hydrogens (primary N) is 1. The molecule has 2 aliphatic heterocycles. The summed E-state index contributed by atoms with van der Waals surface area (Å²) in [4.78, 5) is 5.39. The molecule has 0 aromatic heterocycles. The molecule has 0 saturated carbocycles. The molecule has 0 aromatic carbocycles. The van der Waals surface area contributed by atoms with E-state index in [4.69, 9.17) is 5.73 Å². The molecule has 1 atom stereocenters. The van der Waals surface area contributed by atoms with Crippen LogP contribution in [0.2, 0.25) is 0 Å². The second kappa shape index (κ2) is 5.68. The van der Waals surface area contributed by atoms with Gasteiger partial charge in [0.1, 0.15) is 0 Å². The third-order valence-electron chi connectivity index (χ3n) is 5.20. The zero-order chi connectivity index (χ0) is 12.3. The maximum absolute atomic E-state index is 6.07. The summed E-state index contributed by atoms with van der Waals surface area (Å²) in [5.41, 5.74) is 6.34. The Bertz CT molecular complexity index is 229. The molecule has 0 aromatic rings. The average molecular weight is 239 g/mol. The van der Waals surface area contributed by atoms with Gasteiger partial charge >= 0.3 is 0 Å². The lowest BCUT2D eigenvalue weighted by Crippen LogP contribution is -2.63. The van der Waals surface area contributed by atoms with E-state index in [2.05, 4.69) is 23.6 Å². The molecular formula is C14H29N3. The molecule has 0 spiro atoms. The first-order chi connectivity index (χ1) is 8.25. The summed E-state index contributed by atoms with van der Waals surface area (Å²) in [7, 11) is 0. The van der Waals surface area contributed by atoms with Crippen LogP contribution in [0.5, 0.6) is 0 Å². The van der Waals surface area contributed by atoms with E-state index in [1.807, 2.05) is 0 Å². The Hall–Kier alpha value is -0.120. The first-order valence-electron chi connectivity index (χ1n) is 7.45. The Morgan fingerprint density at radius 1 is 1.12 bits per heavy atom. The van der Waals surface area contributed by atoms with Crippen LogP contribution in [-0.4, -0.2) is 54.1 Å². The third kappa shape index (κ3) is 2.51. The van der Waals surface area contributed by atoms with Crippen molar-refractivity contribution in [1.29, 1.82) is 0 Å². The topological polar surface area (TPSA) is 32.5 Å². The van der Waals surface area contributed by atoms with Crippen LogP contribution in [0.15, 0.2) is 0 Å². The lowest BCUT2D eigenvalue weighted by atomic mass is 9.88. The van der Waals surface area contributed by atoms with Gasteiger partial charge in [0.15, 0.2) is 0 Å². The first-order valence-corrected chi connectivity index (χ1v) is 7.45. The number of fused-ring (bicyclic) bond motifs is 1. The fourth-order valence-corrected chi connectivity index (χ4v) is 3.70. The zero-order valence-corrected chi connectivity index (χ0v) is 11.6. The fraction of sp³-hybridized carbons (Fsp3) is 1.00. The summed E-state index contributed by atoms with van der Waals surface area (Å²) in [6.07, 6.45) is 6.59. The predicted octanol–water partition coefficient (Wildman–Crippen LogP) is 1.67. The van der Waals surface area contributed by atoms with Crippen LogP contribution in [-0.2, 0) is 0 Å². The van der Waals surface area contributed by atoms with Crippen molar-refractivity contribution in [3.05, 3.63) is 0 Å². The Morgan fingerprint density at radius 2 is 1.88 bits per heavy atom. The van der Waals surface area contributed by atoms with E-state index in [1.165, 1.54) is 58.3 Å². The summed E-state index contributed by atoms with van der Waals surface area (Å²) in [5, 5.41) is 0. The highest BCUT2D eigenvalue weighted by Gasteiger charge is 2.38. The number of rotatable bonds is 4. The van der Waals surface area contributed by atoms with Gasteiger partial charge in [-0.2, -0.15) is 0 Å². The van der Waals surface area contributed by atoms with Gasteiger partial charge < -0.3 is 5.73 Å². The molecule has 0 radical (unpaired) electrons. The predicted molar refractivity (Wildman–Crippen MR) is 73.2 cm³/mol. The van der Waals surface area contributed by atoms with Crippen LogP contribution in [0.1, 0.15) is 46.0 Å². The van der Waals surface area contributed by atoms with E-state index >= 15 is 0 Å². The Morgan fingerprint density at radius 3 is 2.53 bits per heavy atom. The summed E-state index contributed by atoms with van der Waals surface area (Å²) < 4.78 is 0. The van der Waals surface area contributed by atoms with Crippen molar-refractivity contribution in [2.45, 2.75) is 57.5 Å². The highest BCUT2D eigenvalue weighted by Crippen LogP contribution is 2.29. The van der Waals surface area contributed by atoms with Crippen LogP contribution >= 0.6 is 0 Å². The maximum Gasteiger partial charge on any atom is 0.0327 e. The molecule has 0 bridgehead atoms. The summed E-state index contributed by atoms with van der Waals surface area (Å²) >= 11 is 0. The molecule has 2 rings (SSSR count). The van der Waals surface area contributed by atoms with Crippen molar-refractivity contribution in [2.24, 2.45) is 5.73 Å². The summed E-state index contributed by atoms with van der Waals surface area (Å²) in [6, 6.07) is 0.807. The van der Waals surface area contributed by atoms with Gasteiger partial charge in [-0.05, 0) is 32.2 Å². The van der Waals surface area contributed by atoms with Gasteiger partial charge in [0.2, 0.25) is 0 Å². The van der Waals surface area contributed by atoms with E-state index in [1.54, 1.807) is 0 Å². The van der Waals surface area contributed by atoms with Gasteiger partial charge in [-0.15, -0.1) is 0 Å². The van der Waals surface area contributed by atoms with Crippen LogP contribution in [0.4, 0.5) is 0 Å². The normalized spacial score (nSPS) is 28.1. The average Bonchev–Trinajstić information content (AvgIpc) is 2.41. The minimum absolute atomic E-state index is 0.267. The molecule has 3 nitrogen and oxygen atoms in total. The minimum atomic E-state index is 0.267. The molecule has 1 unspecified atom stereocenters. The molecule has 3 heteroatoms. The molecule has 100 valence electrons. The smallest absolute Gasteiger partial charge is 0.0327 e. The lowest BCUT2D eigenvalue weighted by Gasteiger charge is -2.51. The van der Waals surface area contributed by atoms with Crippen molar-refractivity contribution in [1.82, 2.24) is 9.80 Å². The van der Waals surface area contributed by atoms with E-state index in [0.29, 0.717) is 0 Å². The third-order valence-corrected chi connectivity index (χ3v) is 5.20. The highest BCUT2D eigenvalue weighted by atomic mass is 15.3. The lowest BCUT2D eigenvalue weighted by molar-refractivity contribution is -0.0145. The van der Waals surface area contributed by atoms with E-state index in [-0.39, 0.29) is 5.54 Å². The van der Waals surface area contributed by atoms with Crippen LogP contribution < -0.4 is 5.73 Å². The van der Waals surface area contributed by atoms with Crippen molar-refractivity contribution in [3.8, 4) is 0 Å². The summed E-state index contributed by atoms with van der Waals surface area (Å²) in [5.74, 6) is 0. The number of hydrogen-bond acceptors (Lipinski definition) is 3. The van der Waals surface area contributed by atoms with Gasteiger partial charge in [-0.1, -0.05) is 20.3 Å². The zero-order valence-electron chi connectivity index (χ0n) is 11.6. The highest BCUT2D eigenvalue weighted by molar-refractivity contribution is 4.95. The Labute approximate surface area is 106 Å². The van der Waals surface area contributed by atoms with Crippen LogP contribution in [0.25, 0.3) is 0 Å². The molecule has 2 saturated heterocycles. The molecular weight excluding hydrogens is 210 g/mol. The molecule has 2 aliphatic rings. The number of piperidine rings is 1. The van der Waals surface area contributed by atoms with Crippen molar-refractivity contribution in [3.63, 3.8) is 0 Å². The SMILES string of the molecule is CCC(CC)(CN)N1CCN2CCCCC2C1. The van der Waals surface area contributed by atoms with Crippen molar-refractivity contribution in [2.75, 3.05) is 32.7 Å². The quantitative estimate of drug-likeness (QED) is 0.810. The van der Waals surface area contributed by atoms with Gasteiger partial charge in [0, 0.05) is 37.8 Å². The van der Waals surface area contributed by atoms with E-state index in [0.717, 1.165) is 12.6 Å². The van der Waals surface area contributed by atoms with E-state index in [9.17, 15) is 0 Å². The second-order valence-corrected chi connectivity index (χ2v) is 5.77. The molecule has 2 N–H and O–H groups in total. The van der Waals surface area contributed by atoms with Gasteiger partial charge in [0.05, 0.1) is 0 Å².